The summed E-state index contributed by atoms with van der Waals surface area (Å²) in [7, 11) is -1.80. The summed E-state index contributed by atoms with van der Waals surface area (Å²) in [6, 6.07) is 0. The molecule has 1 aliphatic heterocycles. The van der Waals surface area contributed by atoms with Crippen LogP contribution in [0.2, 0.25) is 0 Å². The highest BCUT2D eigenvalue weighted by molar-refractivity contribution is 7.91. The van der Waals surface area contributed by atoms with E-state index in [0.29, 0.717) is 13.2 Å². The third-order valence-corrected chi connectivity index (χ3v) is 6.78. The average molecular weight is 386 g/mol. The first-order valence-corrected chi connectivity index (χ1v) is 11.4. The lowest BCUT2D eigenvalue weighted by atomic mass is 10.0. The van der Waals surface area contributed by atoms with Gasteiger partial charge in [0.1, 0.15) is 0 Å². The van der Waals surface area contributed by atoms with E-state index in [9.17, 15) is 8.42 Å². The molecule has 7 heteroatoms. The van der Waals surface area contributed by atoms with Gasteiger partial charge in [-0.25, -0.2) is 13.4 Å². The highest BCUT2D eigenvalue weighted by atomic mass is 32.2. The van der Waals surface area contributed by atoms with Gasteiger partial charge in [-0.2, -0.15) is 0 Å². The summed E-state index contributed by atoms with van der Waals surface area (Å²) in [5.74, 6) is 0.0904. The molecule has 0 spiro atoms. The zero-order chi connectivity index (χ0) is 19.2. The second kappa shape index (κ2) is 9.33. The van der Waals surface area contributed by atoms with Crippen LogP contribution in [0.4, 0.5) is 0 Å². The fourth-order valence-corrected chi connectivity index (χ4v) is 5.55. The topological polar surface area (TPSA) is 64.4 Å². The molecular formula is C19H35N3O3S. The van der Waals surface area contributed by atoms with Crippen molar-refractivity contribution < 1.29 is 13.2 Å². The number of rotatable bonds is 7. The largest absolute Gasteiger partial charge is 0.383 e. The van der Waals surface area contributed by atoms with Crippen LogP contribution < -0.4 is 0 Å². The minimum atomic E-state index is -3.43. The van der Waals surface area contributed by atoms with Gasteiger partial charge < -0.3 is 9.30 Å². The highest BCUT2D eigenvalue weighted by Gasteiger charge is 2.29. The second-order valence-corrected chi connectivity index (χ2v) is 10.4. The molecule has 1 aromatic rings. The molecule has 0 bridgehead atoms. The van der Waals surface area contributed by atoms with E-state index in [0.717, 1.165) is 25.3 Å². The third-order valence-electron chi connectivity index (χ3n) is 4.66. The van der Waals surface area contributed by atoms with Crippen LogP contribution in [0.5, 0.6) is 0 Å². The van der Waals surface area contributed by atoms with Gasteiger partial charge >= 0.3 is 0 Å². The third kappa shape index (κ3) is 6.35. The molecule has 6 nitrogen and oxygen atoms in total. The highest BCUT2D eigenvalue weighted by Crippen LogP contribution is 2.23. The Hall–Kier alpha value is -0.920. The van der Waals surface area contributed by atoms with E-state index in [1.807, 2.05) is 25.3 Å². The molecule has 0 radical (unpaired) electrons. The number of ether oxygens (including phenoxy) is 1. The fraction of sp³-hybridized carbons (Fsp3) is 0.842. The van der Waals surface area contributed by atoms with Gasteiger partial charge in [-0.05, 0) is 31.3 Å². The SMILES string of the molecule is COCCn1c(CN2CCCCCCC2)cnc1S(=O)(=O)CC(C)(C)C. The maximum Gasteiger partial charge on any atom is 0.227 e. The van der Waals surface area contributed by atoms with E-state index >= 15 is 0 Å². The van der Waals surface area contributed by atoms with Crippen molar-refractivity contribution in [3.05, 3.63) is 11.9 Å². The van der Waals surface area contributed by atoms with E-state index in [1.165, 1.54) is 32.1 Å². The summed E-state index contributed by atoms with van der Waals surface area (Å²) in [4.78, 5) is 6.76. The van der Waals surface area contributed by atoms with Crippen molar-refractivity contribution in [3.63, 3.8) is 0 Å². The Morgan fingerprint density at radius 2 is 1.73 bits per heavy atom. The summed E-state index contributed by atoms with van der Waals surface area (Å²) < 4.78 is 32.9. The first-order valence-electron chi connectivity index (χ1n) is 9.71. The minimum absolute atomic E-state index is 0.0904. The standard InChI is InChI=1S/C19H35N3O3S/c1-19(2,3)16-26(23,24)18-20-14-17(22(18)12-13-25-4)15-21-10-8-6-5-7-9-11-21/h14H,5-13,15-16H2,1-4H3. The molecule has 0 unspecified atom stereocenters. The van der Waals surface area contributed by atoms with E-state index in [2.05, 4.69) is 9.88 Å². The summed E-state index contributed by atoms with van der Waals surface area (Å²) in [5, 5.41) is 0.187. The van der Waals surface area contributed by atoms with Crippen LogP contribution >= 0.6 is 0 Å². The van der Waals surface area contributed by atoms with Crippen molar-refractivity contribution >= 4 is 9.84 Å². The quantitative estimate of drug-likeness (QED) is 0.721. The van der Waals surface area contributed by atoms with E-state index in [1.54, 1.807) is 13.3 Å². The number of methoxy groups -OCH3 is 1. The van der Waals surface area contributed by atoms with Crippen LogP contribution in [0, 0.1) is 5.41 Å². The van der Waals surface area contributed by atoms with Crippen LogP contribution in [0.3, 0.4) is 0 Å². The number of hydrogen-bond donors (Lipinski definition) is 0. The van der Waals surface area contributed by atoms with Gasteiger partial charge in [0.15, 0.2) is 0 Å². The molecule has 150 valence electrons. The van der Waals surface area contributed by atoms with Gasteiger partial charge in [0.2, 0.25) is 15.0 Å². The summed E-state index contributed by atoms with van der Waals surface area (Å²) in [6.07, 6.45) is 8.05. The van der Waals surface area contributed by atoms with E-state index < -0.39 is 9.84 Å². The number of likely N-dealkylation sites (tertiary alicyclic amines) is 1. The van der Waals surface area contributed by atoms with Crippen LogP contribution in [0.1, 0.15) is 58.6 Å². The van der Waals surface area contributed by atoms with Crippen molar-refractivity contribution in [1.82, 2.24) is 14.5 Å². The van der Waals surface area contributed by atoms with Crippen LogP contribution in [-0.2, 0) is 27.7 Å². The first kappa shape index (κ1) is 21.4. The molecule has 0 aromatic carbocycles. The summed E-state index contributed by atoms with van der Waals surface area (Å²) in [5.41, 5.74) is 0.662. The predicted molar refractivity (Wildman–Crippen MR) is 104 cm³/mol. The van der Waals surface area contributed by atoms with Gasteiger partial charge in [-0.15, -0.1) is 0 Å². The maximum atomic E-state index is 12.9. The van der Waals surface area contributed by atoms with Crippen LogP contribution in [0.25, 0.3) is 0 Å². The second-order valence-electron chi connectivity index (χ2n) is 8.54. The number of imidazole rings is 1. The van der Waals surface area contributed by atoms with E-state index in [-0.39, 0.29) is 16.3 Å². The van der Waals surface area contributed by atoms with Crippen molar-refractivity contribution in [2.24, 2.45) is 5.41 Å². The molecule has 1 aromatic heterocycles. The van der Waals surface area contributed by atoms with Gasteiger partial charge in [0.05, 0.1) is 24.3 Å². The van der Waals surface area contributed by atoms with Crippen molar-refractivity contribution in [2.75, 3.05) is 32.6 Å². The zero-order valence-corrected chi connectivity index (χ0v) is 17.6. The van der Waals surface area contributed by atoms with E-state index in [4.69, 9.17) is 4.74 Å². The Morgan fingerprint density at radius 1 is 1.12 bits per heavy atom. The van der Waals surface area contributed by atoms with Crippen LogP contribution in [0.15, 0.2) is 11.4 Å². The Balaban J connectivity index is 2.24. The molecule has 0 saturated carbocycles. The Labute approximate surface area is 158 Å². The molecule has 0 N–H and O–H groups in total. The van der Waals surface area contributed by atoms with Gasteiger partial charge in [0, 0.05) is 20.2 Å². The molecule has 1 fully saturated rings. The summed E-state index contributed by atoms with van der Waals surface area (Å²) >= 11 is 0. The molecule has 26 heavy (non-hydrogen) atoms. The lowest BCUT2D eigenvalue weighted by Gasteiger charge is -2.25. The molecule has 2 heterocycles. The van der Waals surface area contributed by atoms with Gasteiger partial charge in [-0.1, -0.05) is 40.0 Å². The van der Waals surface area contributed by atoms with Crippen LogP contribution in [-0.4, -0.2) is 55.4 Å². The monoisotopic (exact) mass is 385 g/mol. The number of aromatic nitrogens is 2. The zero-order valence-electron chi connectivity index (χ0n) is 16.8. The molecule has 2 rings (SSSR count). The predicted octanol–water partition coefficient (Wildman–Crippen LogP) is 3.12. The molecule has 0 amide bonds. The smallest absolute Gasteiger partial charge is 0.227 e. The minimum Gasteiger partial charge on any atom is -0.383 e. The number of hydrogen-bond acceptors (Lipinski definition) is 5. The Bertz CT molecular complexity index is 654. The normalized spacial score (nSPS) is 17.8. The molecular weight excluding hydrogens is 350 g/mol. The Kier molecular flexibility index (Phi) is 7.67. The lowest BCUT2D eigenvalue weighted by molar-refractivity contribution is 0.180. The fourth-order valence-electron chi connectivity index (χ4n) is 3.52. The van der Waals surface area contributed by atoms with Crippen molar-refractivity contribution in [3.8, 4) is 0 Å². The van der Waals surface area contributed by atoms with Gasteiger partial charge in [0.25, 0.3) is 0 Å². The maximum absolute atomic E-state index is 12.9. The molecule has 1 saturated heterocycles. The molecule has 0 aliphatic carbocycles. The number of nitrogens with zero attached hydrogens (tertiary/aromatic N) is 3. The lowest BCUT2D eigenvalue weighted by Crippen LogP contribution is -2.29. The first-order chi connectivity index (χ1) is 12.2. The Morgan fingerprint density at radius 3 is 2.31 bits per heavy atom. The summed E-state index contributed by atoms with van der Waals surface area (Å²) in [6.45, 7) is 9.69. The molecule has 1 aliphatic rings. The van der Waals surface area contributed by atoms with Crippen molar-refractivity contribution in [1.29, 1.82) is 0 Å². The van der Waals surface area contributed by atoms with Crippen molar-refractivity contribution in [2.45, 2.75) is 71.1 Å². The van der Waals surface area contributed by atoms with Gasteiger partial charge in [-0.3, -0.25) is 4.90 Å². The average Bonchev–Trinajstić information content (AvgIpc) is 2.89. The molecule has 0 atom stereocenters. The number of sulfone groups is 1.